The standard InChI is InChI=1S/2C28H19N6.2C27H18N7.4Pt/c2*1-33-18-34(27-25(33)10-5-13-30-27)20-7-4-6-19(16-20)28(26-12-15-31-32-26)23-9-3-2-8-21(23)22-11-14-29-17-24(22)28;2*1-33-17-34(26-25(33)29-13-14-30-26)19-6-4-5-18(15-19)27(24-10-12-31-32-24)22-8-3-2-7-20(22)21-9-11-28-16-23(21)27;;;;/h2*2-15,17-18H,1H3;2*2-14,16-17H,1H3;;;;/q4*-3;;;;. The number of hydrogen-bond donors (Lipinski definition) is 0. The van der Waals surface area contributed by atoms with Crippen molar-refractivity contribution in [2.45, 2.75) is 21.7 Å². The third-order valence-electron chi connectivity index (χ3n) is 26.9. The van der Waals surface area contributed by atoms with Crippen LogP contribution >= 0.6 is 0 Å². The third kappa shape index (κ3) is 14.0. The van der Waals surface area contributed by atoms with Crippen LogP contribution in [0, 0.1) is 50.9 Å². The molecule has 28 rings (SSSR count). The van der Waals surface area contributed by atoms with Crippen molar-refractivity contribution < 1.29 is 84.3 Å². The van der Waals surface area contributed by atoms with E-state index in [2.05, 4.69) is 329 Å². The van der Waals surface area contributed by atoms with Gasteiger partial charge in [-0.3, -0.25) is 19.9 Å². The molecule has 4 unspecified atom stereocenters. The number of aromatic nitrogens is 18. The molecule has 16 heterocycles. The molecule has 0 radical (unpaired) electrons. The summed E-state index contributed by atoms with van der Waals surface area (Å²) in [7, 11) is 7.99. The quantitative estimate of drug-likeness (QED) is 0.103. The van der Waals surface area contributed by atoms with Gasteiger partial charge in [0.1, 0.15) is 34.9 Å². The molecule has 4 atom stereocenters. The van der Waals surface area contributed by atoms with Crippen molar-refractivity contribution in [3.63, 3.8) is 0 Å². The zero-order chi connectivity index (χ0) is 90.8. The minimum absolute atomic E-state index is 0. The van der Waals surface area contributed by atoms with Gasteiger partial charge >= 0.3 is 0 Å². The summed E-state index contributed by atoms with van der Waals surface area (Å²) in [5, 5.41) is 35.1. The van der Waals surface area contributed by atoms with E-state index in [-0.39, 0.29) is 84.3 Å². The number of pyridine rings is 6. The second kappa shape index (κ2) is 36.9. The average molecular weight is 2540 g/mol. The van der Waals surface area contributed by atoms with E-state index < -0.39 is 21.7 Å². The molecule has 0 saturated heterocycles. The molecule has 0 spiro atoms. The summed E-state index contributed by atoms with van der Waals surface area (Å²) in [6, 6.07) is 98.0. The Hall–Kier alpha value is -15.2. The molecule has 26 nitrogen and oxygen atoms in total. The Morgan fingerprint density at radius 2 is 0.479 bits per heavy atom. The second-order valence-electron chi connectivity index (χ2n) is 33.8. The second-order valence-corrected chi connectivity index (χ2v) is 33.8. The van der Waals surface area contributed by atoms with Crippen molar-refractivity contribution in [3.8, 4) is 44.5 Å². The van der Waals surface area contributed by atoms with Crippen LogP contribution in [-0.2, 0) is 106 Å². The van der Waals surface area contributed by atoms with Gasteiger partial charge in [-0.25, -0.2) is 29.9 Å². The zero-order valence-corrected chi connectivity index (χ0v) is 83.8. The van der Waals surface area contributed by atoms with Gasteiger partial charge in [0, 0.05) is 205 Å². The van der Waals surface area contributed by atoms with E-state index in [1.165, 1.54) is 22.3 Å². The maximum Gasteiger partial charge on any atom is 0.143 e. The first-order chi connectivity index (χ1) is 67.1. The topological polar surface area (TPSA) is 263 Å². The molecule has 4 aliphatic heterocycles. The molecule has 8 aromatic carbocycles. The molecule has 696 valence electrons. The van der Waals surface area contributed by atoms with Gasteiger partial charge in [0.15, 0.2) is 0 Å². The van der Waals surface area contributed by atoms with Gasteiger partial charge < -0.3 is 80.0 Å². The van der Waals surface area contributed by atoms with Crippen molar-refractivity contribution >= 4 is 69.0 Å². The van der Waals surface area contributed by atoms with Crippen molar-refractivity contribution in [2.24, 2.45) is 0 Å². The minimum Gasteiger partial charge on any atom is -0.581 e. The van der Waals surface area contributed by atoms with Crippen LogP contribution in [0.1, 0.15) is 89.5 Å². The summed E-state index contributed by atoms with van der Waals surface area (Å²) in [6.45, 7) is 8.04. The van der Waals surface area contributed by atoms with E-state index in [1.807, 2.05) is 185 Å². The molecule has 30 heteroatoms. The number of benzene rings is 8. The smallest absolute Gasteiger partial charge is 0.143 e. The molecular formula is C110H74N26Pt4-12. The zero-order valence-electron chi connectivity index (χ0n) is 74.7. The predicted molar refractivity (Wildman–Crippen MR) is 518 cm³/mol. The normalized spacial score (nSPS) is 17.5. The Morgan fingerprint density at radius 3 is 0.757 bits per heavy atom. The van der Waals surface area contributed by atoms with Gasteiger partial charge in [0.25, 0.3) is 0 Å². The summed E-state index contributed by atoms with van der Waals surface area (Å²) >= 11 is 0. The summed E-state index contributed by atoms with van der Waals surface area (Å²) in [6.07, 6.45) is 32.6. The predicted octanol–water partition coefficient (Wildman–Crippen LogP) is 17.6. The van der Waals surface area contributed by atoms with Crippen LogP contribution in [0.15, 0.2) is 354 Å². The fraction of sp³-hybridized carbons (Fsp3) is 0.0727. The van der Waals surface area contributed by atoms with Crippen molar-refractivity contribution in [1.82, 2.24) is 90.6 Å². The van der Waals surface area contributed by atoms with Crippen molar-refractivity contribution in [2.75, 3.05) is 67.4 Å². The van der Waals surface area contributed by atoms with E-state index >= 15 is 0 Å². The molecular weight excluding hydrogens is 2470 g/mol. The van der Waals surface area contributed by atoms with E-state index in [4.69, 9.17) is 0 Å². The maximum absolute atomic E-state index is 4.63. The van der Waals surface area contributed by atoms with Gasteiger partial charge in [-0.05, 0) is 166 Å². The van der Waals surface area contributed by atoms with Crippen LogP contribution in [0.3, 0.4) is 0 Å². The molecule has 0 bridgehead atoms. The first-order valence-electron chi connectivity index (χ1n) is 44.2. The molecule has 140 heavy (non-hydrogen) atoms. The van der Waals surface area contributed by atoms with Crippen LogP contribution in [0.4, 0.5) is 69.0 Å². The van der Waals surface area contributed by atoms with Crippen LogP contribution in [0.2, 0.25) is 0 Å². The number of anilines is 12. The van der Waals surface area contributed by atoms with E-state index in [0.29, 0.717) is 0 Å². The molecule has 12 aromatic heterocycles. The van der Waals surface area contributed by atoms with Crippen LogP contribution < -0.4 is 59.6 Å². The number of nitrogens with zero attached hydrogens (tertiary/aromatic N) is 26. The Labute approximate surface area is 864 Å². The van der Waals surface area contributed by atoms with Crippen molar-refractivity contribution in [3.05, 3.63) is 495 Å². The first kappa shape index (κ1) is 91.2. The Kier molecular flexibility index (Phi) is 24.1. The van der Waals surface area contributed by atoms with Crippen LogP contribution in [0.5, 0.6) is 0 Å². The SMILES string of the molecule is CN1[CH-]N(c2[c-]c(C3(c4cc[n-]n4)c4ccccc4-c4ccncc43)ccc2)c2ncccc21.CN1[CH-]N(c2[c-]c(C3(c4cc[n-]n4)c4ccccc4-c4ccncc43)ccc2)c2ncccc21.CN1[CH-]N(c2[c-]c(C3(c4cc[n-]n4)c4ccccc4-c4ccncc43)ccc2)c2nccnc21.CN1[CH-]N(c2[c-]c(C3(c4cc[n-]n4)c4ccccc4-c4ccncc43)ccc2)c2nccnc21.[Pt].[Pt].[Pt].[Pt]. The number of hydrogen-bond acceptors (Lipinski definition) is 22. The van der Waals surface area contributed by atoms with Crippen LogP contribution in [-0.4, -0.2) is 98.4 Å². The summed E-state index contributed by atoms with van der Waals surface area (Å²) < 4.78 is 0. The summed E-state index contributed by atoms with van der Waals surface area (Å²) in [5.41, 5.74) is 28.6. The molecule has 0 amide bonds. The van der Waals surface area contributed by atoms with Crippen LogP contribution in [0.25, 0.3) is 44.5 Å². The average Bonchev–Trinajstić information content (AvgIpc) is 1.55. The molecule has 8 aliphatic rings. The van der Waals surface area contributed by atoms with Gasteiger partial charge in [-0.2, -0.15) is 135 Å². The molecule has 4 aliphatic carbocycles. The fourth-order valence-corrected chi connectivity index (χ4v) is 21.3. The molecule has 0 saturated carbocycles. The Balaban J connectivity index is 0.000000110. The van der Waals surface area contributed by atoms with Crippen molar-refractivity contribution in [1.29, 1.82) is 0 Å². The van der Waals surface area contributed by atoms with Gasteiger partial charge in [0.2, 0.25) is 0 Å². The van der Waals surface area contributed by atoms with Gasteiger partial charge in [0.05, 0.1) is 21.7 Å². The Bertz CT molecular complexity index is 6870. The monoisotopic (exact) mass is 2540 g/mol. The maximum atomic E-state index is 4.63. The largest absolute Gasteiger partial charge is 0.581 e. The summed E-state index contributed by atoms with van der Waals surface area (Å²) in [4.78, 5) is 61.7. The van der Waals surface area contributed by atoms with Gasteiger partial charge in [-0.15, -0.1) is 58.3 Å². The van der Waals surface area contributed by atoms with E-state index in [9.17, 15) is 0 Å². The minimum atomic E-state index is -0.677. The molecule has 0 fully saturated rings. The number of fused-ring (bicyclic) bond motifs is 16. The molecule has 20 aromatic rings. The first-order valence-corrected chi connectivity index (χ1v) is 44.2. The van der Waals surface area contributed by atoms with Gasteiger partial charge in [-0.1, -0.05) is 121 Å². The third-order valence-corrected chi connectivity index (χ3v) is 26.9. The number of rotatable bonds is 12. The Morgan fingerprint density at radius 1 is 0.229 bits per heavy atom. The summed E-state index contributed by atoms with van der Waals surface area (Å²) in [5.74, 6) is 4.92. The molecule has 0 N–H and O–H groups in total. The van der Waals surface area contributed by atoms with E-state index in [0.717, 1.165) is 181 Å². The fourth-order valence-electron chi connectivity index (χ4n) is 21.3. The van der Waals surface area contributed by atoms with E-state index in [1.54, 1.807) is 49.6 Å².